The molecular formula is C13H14Cl3N5. The summed E-state index contributed by atoms with van der Waals surface area (Å²) in [7, 11) is 0. The Hall–Kier alpha value is -1.30. The Kier molecular flexibility index (Phi) is 5.45. The molecule has 1 aromatic heterocycles. The van der Waals surface area contributed by atoms with Crippen LogP contribution in [0.2, 0.25) is 15.3 Å². The molecule has 0 saturated heterocycles. The molecule has 0 spiro atoms. The molecule has 0 saturated carbocycles. The van der Waals surface area contributed by atoms with Crippen LogP contribution in [0.15, 0.2) is 12.1 Å². The van der Waals surface area contributed by atoms with Gasteiger partial charge in [0.05, 0.1) is 10.7 Å². The van der Waals surface area contributed by atoms with Crippen LogP contribution < -0.4 is 10.6 Å². The molecule has 0 fully saturated rings. The predicted molar refractivity (Wildman–Crippen MR) is 88.1 cm³/mol. The van der Waals surface area contributed by atoms with Gasteiger partial charge >= 0.3 is 0 Å². The second-order valence-electron chi connectivity index (χ2n) is 4.38. The standard InChI is InChI=1S/C13H14Cl3N5/c1-3-4-17-12-19-11(16)20-13(21-12)18-10-6-8(14)7(2)5-9(10)15/h5-6H,3-4H2,1-2H3,(H2,17,18,19,20,21). The third-order valence-corrected chi connectivity index (χ3v) is 3.52. The zero-order chi connectivity index (χ0) is 15.4. The Labute approximate surface area is 138 Å². The molecular weight excluding hydrogens is 333 g/mol. The highest BCUT2D eigenvalue weighted by Gasteiger charge is 2.09. The number of hydrogen-bond acceptors (Lipinski definition) is 5. The number of halogens is 3. The van der Waals surface area contributed by atoms with Crippen molar-refractivity contribution in [2.45, 2.75) is 20.3 Å². The summed E-state index contributed by atoms with van der Waals surface area (Å²) >= 11 is 18.2. The van der Waals surface area contributed by atoms with Crippen molar-refractivity contribution in [3.63, 3.8) is 0 Å². The fourth-order valence-corrected chi connectivity index (χ4v) is 2.17. The fraction of sp³-hybridized carbons (Fsp3) is 0.308. The first-order chi connectivity index (χ1) is 9.99. The maximum Gasteiger partial charge on any atom is 0.233 e. The summed E-state index contributed by atoms with van der Waals surface area (Å²) in [5.74, 6) is 0.712. The quantitative estimate of drug-likeness (QED) is 0.821. The molecule has 112 valence electrons. The van der Waals surface area contributed by atoms with Crippen LogP contribution in [0.5, 0.6) is 0 Å². The minimum atomic E-state index is 0.0976. The third-order valence-electron chi connectivity index (χ3n) is 2.64. The monoisotopic (exact) mass is 345 g/mol. The van der Waals surface area contributed by atoms with E-state index in [0.717, 1.165) is 18.5 Å². The van der Waals surface area contributed by atoms with Crippen LogP contribution in [0.4, 0.5) is 17.6 Å². The lowest BCUT2D eigenvalue weighted by Crippen LogP contribution is -2.08. The van der Waals surface area contributed by atoms with Gasteiger partial charge in [-0.1, -0.05) is 30.1 Å². The van der Waals surface area contributed by atoms with Crippen LogP contribution in [-0.4, -0.2) is 21.5 Å². The van der Waals surface area contributed by atoms with Gasteiger partial charge in [0, 0.05) is 11.6 Å². The molecule has 0 atom stereocenters. The van der Waals surface area contributed by atoms with Crippen LogP contribution in [0.25, 0.3) is 0 Å². The van der Waals surface area contributed by atoms with Gasteiger partial charge in [-0.25, -0.2) is 0 Å². The van der Waals surface area contributed by atoms with Crippen molar-refractivity contribution in [2.24, 2.45) is 0 Å². The first kappa shape index (κ1) is 16.1. The van der Waals surface area contributed by atoms with Gasteiger partial charge in [0.25, 0.3) is 0 Å². The maximum atomic E-state index is 6.17. The molecule has 5 nitrogen and oxygen atoms in total. The van der Waals surface area contributed by atoms with E-state index >= 15 is 0 Å². The van der Waals surface area contributed by atoms with E-state index in [1.54, 1.807) is 12.1 Å². The Bertz CT molecular complexity index is 648. The van der Waals surface area contributed by atoms with E-state index in [1.165, 1.54) is 0 Å². The van der Waals surface area contributed by atoms with Gasteiger partial charge in [-0.15, -0.1) is 0 Å². The minimum Gasteiger partial charge on any atom is -0.354 e. The molecule has 0 bridgehead atoms. The van der Waals surface area contributed by atoms with Crippen molar-refractivity contribution in [3.8, 4) is 0 Å². The van der Waals surface area contributed by atoms with E-state index in [2.05, 4.69) is 25.6 Å². The van der Waals surface area contributed by atoms with Crippen molar-refractivity contribution < 1.29 is 0 Å². The summed E-state index contributed by atoms with van der Waals surface area (Å²) in [5, 5.41) is 7.27. The topological polar surface area (TPSA) is 62.7 Å². The molecule has 2 rings (SSSR count). The van der Waals surface area contributed by atoms with E-state index in [1.807, 2.05) is 13.8 Å². The predicted octanol–water partition coefficient (Wildman–Crippen LogP) is 4.71. The minimum absolute atomic E-state index is 0.0976. The number of aromatic nitrogens is 3. The van der Waals surface area contributed by atoms with Crippen LogP contribution in [0.1, 0.15) is 18.9 Å². The van der Waals surface area contributed by atoms with Gasteiger partial charge in [-0.3, -0.25) is 0 Å². The van der Waals surface area contributed by atoms with E-state index in [-0.39, 0.29) is 5.28 Å². The Balaban J connectivity index is 2.27. The first-order valence-electron chi connectivity index (χ1n) is 6.37. The highest BCUT2D eigenvalue weighted by molar-refractivity contribution is 6.35. The molecule has 0 aliphatic carbocycles. The van der Waals surface area contributed by atoms with Gasteiger partial charge < -0.3 is 10.6 Å². The van der Waals surface area contributed by atoms with Gasteiger partial charge in [0.1, 0.15) is 0 Å². The number of rotatable bonds is 5. The first-order valence-corrected chi connectivity index (χ1v) is 7.51. The van der Waals surface area contributed by atoms with E-state index in [0.29, 0.717) is 27.6 Å². The second-order valence-corrected chi connectivity index (χ2v) is 5.54. The number of nitrogens with zero attached hydrogens (tertiary/aromatic N) is 3. The fourth-order valence-electron chi connectivity index (χ4n) is 1.58. The number of benzene rings is 1. The zero-order valence-electron chi connectivity index (χ0n) is 11.5. The molecule has 0 aliphatic rings. The lowest BCUT2D eigenvalue weighted by Gasteiger charge is -2.10. The molecule has 2 aromatic rings. The van der Waals surface area contributed by atoms with Crippen molar-refractivity contribution >= 4 is 52.4 Å². The summed E-state index contributed by atoms with van der Waals surface area (Å²) in [6.45, 7) is 4.67. The van der Waals surface area contributed by atoms with Crippen LogP contribution >= 0.6 is 34.8 Å². The average Bonchev–Trinajstić information content (AvgIpc) is 2.42. The van der Waals surface area contributed by atoms with E-state index in [9.17, 15) is 0 Å². The molecule has 8 heteroatoms. The van der Waals surface area contributed by atoms with Crippen molar-refractivity contribution in [1.29, 1.82) is 0 Å². The van der Waals surface area contributed by atoms with Crippen LogP contribution in [-0.2, 0) is 0 Å². The van der Waals surface area contributed by atoms with Crippen LogP contribution in [0, 0.1) is 6.92 Å². The Morgan fingerprint density at radius 2 is 1.71 bits per heavy atom. The summed E-state index contributed by atoms with van der Waals surface area (Å²) in [6, 6.07) is 3.49. The number of anilines is 3. The smallest absolute Gasteiger partial charge is 0.233 e. The molecule has 1 aromatic carbocycles. The van der Waals surface area contributed by atoms with Crippen LogP contribution in [0.3, 0.4) is 0 Å². The third kappa shape index (κ3) is 4.33. The van der Waals surface area contributed by atoms with Gasteiger partial charge in [-0.2, -0.15) is 15.0 Å². The highest BCUT2D eigenvalue weighted by Crippen LogP contribution is 2.30. The van der Waals surface area contributed by atoms with Gasteiger partial charge in [0.15, 0.2) is 0 Å². The van der Waals surface area contributed by atoms with Gasteiger partial charge in [-0.05, 0) is 42.6 Å². The van der Waals surface area contributed by atoms with Gasteiger partial charge in [0.2, 0.25) is 17.2 Å². The summed E-state index contributed by atoms with van der Waals surface area (Å²) in [5.41, 5.74) is 1.50. The highest BCUT2D eigenvalue weighted by atomic mass is 35.5. The van der Waals surface area contributed by atoms with E-state index in [4.69, 9.17) is 34.8 Å². The molecule has 0 radical (unpaired) electrons. The summed E-state index contributed by atoms with van der Waals surface area (Å²) in [6.07, 6.45) is 0.950. The Morgan fingerprint density at radius 3 is 2.43 bits per heavy atom. The lowest BCUT2D eigenvalue weighted by molar-refractivity contribution is 0.940. The van der Waals surface area contributed by atoms with Crippen molar-refractivity contribution in [1.82, 2.24) is 15.0 Å². The average molecular weight is 347 g/mol. The second kappa shape index (κ2) is 7.11. The molecule has 0 amide bonds. The molecule has 2 N–H and O–H groups in total. The molecule has 0 unspecified atom stereocenters. The number of hydrogen-bond donors (Lipinski definition) is 2. The molecule has 0 aliphatic heterocycles. The molecule has 1 heterocycles. The normalized spacial score (nSPS) is 10.5. The number of nitrogens with one attached hydrogen (secondary N) is 2. The largest absolute Gasteiger partial charge is 0.354 e. The lowest BCUT2D eigenvalue weighted by atomic mass is 10.2. The number of aryl methyl sites for hydroxylation is 1. The zero-order valence-corrected chi connectivity index (χ0v) is 13.8. The maximum absolute atomic E-state index is 6.17. The summed E-state index contributed by atoms with van der Waals surface area (Å²) in [4.78, 5) is 12.2. The van der Waals surface area contributed by atoms with E-state index < -0.39 is 0 Å². The SMILES string of the molecule is CCCNc1nc(Cl)nc(Nc2cc(Cl)c(C)cc2Cl)n1. The van der Waals surface area contributed by atoms with Crippen molar-refractivity contribution in [2.75, 3.05) is 17.2 Å². The Morgan fingerprint density at radius 1 is 1.00 bits per heavy atom. The summed E-state index contributed by atoms with van der Waals surface area (Å²) < 4.78 is 0. The van der Waals surface area contributed by atoms with Crippen molar-refractivity contribution in [3.05, 3.63) is 33.0 Å². The molecule has 21 heavy (non-hydrogen) atoms.